The van der Waals surface area contributed by atoms with E-state index in [2.05, 4.69) is 0 Å². The van der Waals surface area contributed by atoms with Crippen molar-refractivity contribution < 1.29 is 9.13 Å². The zero-order valence-corrected chi connectivity index (χ0v) is 4.90. The minimum absolute atomic E-state index is 0.198. The van der Waals surface area contributed by atoms with Crippen molar-refractivity contribution in [1.82, 2.24) is 0 Å². The molecule has 0 amide bonds. The van der Waals surface area contributed by atoms with Gasteiger partial charge in [0, 0.05) is 12.5 Å². The van der Waals surface area contributed by atoms with Gasteiger partial charge in [-0.05, 0) is 12.8 Å². The SMILES string of the molecule is FCC1CCCOC1. The molecule has 0 aromatic heterocycles. The lowest BCUT2D eigenvalue weighted by Crippen LogP contribution is -2.18. The average Bonchev–Trinajstić information content (AvgIpc) is 1.90. The summed E-state index contributed by atoms with van der Waals surface area (Å²) in [5.41, 5.74) is 0. The standard InChI is InChI=1S/C6H11FO/c7-4-6-2-1-3-8-5-6/h6H,1-5H2. The van der Waals surface area contributed by atoms with E-state index in [4.69, 9.17) is 4.74 Å². The second-order valence-electron chi connectivity index (χ2n) is 2.24. The summed E-state index contributed by atoms with van der Waals surface area (Å²) < 4.78 is 16.8. The molecule has 1 atom stereocenters. The molecular formula is C6H11FO. The molecule has 1 aliphatic heterocycles. The third-order valence-corrected chi connectivity index (χ3v) is 1.47. The minimum Gasteiger partial charge on any atom is -0.381 e. The predicted molar refractivity (Wildman–Crippen MR) is 29.5 cm³/mol. The lowest BCUT2D eigenvalue weighted by molar-refractivity contribution is 0.0452. The molecular weight excluding hydrogens is 107 g/mol. The van der Waals surface area contributed by atoms with Gasteiger partial charge in [0.2, 0.25) is 0 Å². The fourth-order valence-electron chi connectivity index (χ4n) is 0.929. The second kappa shape index (κ2) is 3.02. The molecule has 0 saturated carbocycles. The van der Waals surface area contributed by atoms with Gasteiger partial charge in [-0.15, -0.1) is 0 Å². The van der Waals surface area contributed by atoms with Crippen molar-refractivity contribution in [3.8, 4) is 0 Å². The summed E-state index contributed by atoms with van der Waals surface area (Å²) in [5, 5.41) is 0. The van der Waals surface area contributed by atoms with Crippen LogP contribution in [0.2, 0.25) is 0 Å². The predicted octanol–water partition coefficient (Wildman–Crippen LogP) is 1.38. The monoisotopic (exact) mass is 118 g/mol. The van der Waals surface area contributed by atoms with Gasteiger partial charge in [-0.25, -0.2) is 0 Å². The molecule has 0 aromatic carbocycles. The number of hydrogen-bond acceptors (Lipinski definition) is 1. The highest BCUT2D eigenvalue weighted by Crippen LogP contribution is 2.12. The van der Waals surface area contributed by atoms with Crippen molar-refractivity contribution in [2.45, 2.75) is 12.8 Å². The first-order valence-corrected chi connectivity index (χ1v) is 3.07. The zero-order valence-electron chi connectivity index (χ0n) is 4.90. The minimum atomic E-state index is -0.208. The molecule has 1 aliphatic rings. The molecule has 8 heavy (non-hydrogen) atoms. The molecule has 1 unspecified atom stereocenters. The van der Waals surface area contributed by atoms with Crippen LogP contribution in [0, 0.1) is 5.92 Å². The van der Waals surface area contributed by atoms with E-state index in [1.165, 1.54) is 0 Å². The van der Waals surface area contributed by atoms with Crippen LogP contribution in [0.4, 0.5) is 4.39 Å². The summed E-state index contributed by atoms with van der Waals surface area (Å²) in [4.78, 5) is 0. The maximum absolute atomic E-state index is 11.8. The van der Waals surface area contributed by atoms with Crippen molar-refractivity contribution in [2.75, 3.05) is 19.9 Å². The van der Waals surface area contributed by atoms with Crippen molar-refractivity contribution in [3.63, 3.8) is 0 Å². The number of rotatable bonds is 1. The third kappa shape index (κ3) is 1.44. The largest absolute Gasteiger partial charge is 0.381 e. The van der Waals surface area contributed by atoms with Crippen molar-refractivity contribution >= 4 is 0 Å². The summed E-state index contributed by atoms with van der Waals surface area (Å²) in [6, 6.07) is 0. The maximum atomic E-state index is 11.8. The molecule has 0 aromatic rings. The van der Waals surface area contributed by atoms with Gasteiger partial charge in [0.15, 0.2) is 0 Å². The second-order valence-corrected chi connectivity index (χ2v) is 2.24. The van der Waals surface area contributed by atoms with Crippen LogP contribution in [0.5, 0.6) is 0 Å². The number of hydrogen-bond donors (Lipinski definition) is 0. The highest BCUT2D eigenvalue weighted by molar-refractivity contribution is 4.60. The van der Waals surface area contributed by atoms with Gasteiger partial charge in [-0.1, -0.05) is 0 Å². The van der Waals surface area contributed by atoms with E-state index in [1.54, 1.807) is 0 Å². The highest BCUT2D eigenvalue weighted by atomic mass is 19.1. The number of alkyl halides is 1. The average molecular weight is 118 g/mol. The molecule has 1 rings (SSSR count). The Balaban J connectivity index is 2.13. The van der Waals surface area contributed by atoms with Gasteiger partial charge in [0.25, 0.3) is 0 Å². The summed E-state index contributed by atoms with van der Waals surface area (Å²) in [6.07, 6.45) is 2.05. The zero-order chi connectivity index (χ0) is 5.82. The summed E-state index contributed by atoms with van der Waals surface area (Å²) in [5.74, 6) is 0.198. The fraction of sp³-hybridized carbons (Fsp3) is 1.00. The van der Waals surface area contributed by atoms with E-state index < -0.39 is 0 Å². The van der Waals surface area contributed by atoms with Crippen LogP contribution in [0.15, 0.2) is 0 Å². The number of ether oxygens (including phenoxy) is 1. The fourth-order valence-corrected chi connectivity index (χ4v) is 0.929. The Bertz CT molecular complexity index is 59.5. The molecule has 1 heterocycles. The molecule has 2 heteroatoms. The number of halogens is 1. The van der Waals surface area contributed by atoms with Gasteiger partial charge >= 0.3 is 0 Å². The Morgan fingerprint density at radius 1 is 1.62 bits per heavy atom. The van der Waals surface area contributed by atoms with Crippen LogP contribution in [0.25, 0.3) is 0 Å². The highest BCUT2D eigenvalue weighted by Gasteiger charge is 2.12. The van der Waals surface area contributed by atoms with Crippen molar-refractivity contribution in [2.24, 2.45) is 5.92 Å². The molecule has 1 fully saturated rings. The molecule has 1 nitrogen and oxygen atoms in total. The van der Waals surface area contributed by atoms with Crippen molar-refractivity contribution in [1.29, 1.82) is 0 Å². The van der Waals surface area contributed by atoms with E-state index in [-0.39, 0.29) is 12.6 Å². The molecule has 1 saturated heterocycles. The van der Waals surface area contributed by atoms with Crippen LogP contribution in [-0.2, 0) is 4.74 Å². The van der Waals surface area contributed by atoms with E-state index in [9.17, 15) is 4.39 Å². The van der Waals surface area contributed by atoms with Crippen LogP contribution in [-0.4, -0.2) is 19.9 Å². The van der Waals surface area contributed by atoms with Crippen LogP contribution >= 0.6 is 0 Å². The first-order valence-electron chi connectivity index (χ1n) is 3.07. The maximum Gasteiger partial charge on any atom is 0.0944 e. The van der Waals surface area contributed by atoms with Crippen molar-refractivity contribution in [3.05, 3.63) is 0 Å². The Morgan fingerprint density at radius 3 is 2.88 bits per heavy atom. The van der Waals surface area contributed by atoms with Gasteiger partial charge in [0.05, 0.1) is 13.3 Å². The van der Waals surface area contributed by atoms with Gasteiger partial charge < -0.3 is 4.74 Å². The van der Waals surface area contributed by atoms with Crippen LogP contribution in [0.1, 0.15) is 12.8 Å². The Hall–Kier alpha value is -0.110. The summed E-state index contributed by atoms with van der Waals surface area (Å²) in [7, 11) is 0. The topological polar surface area (TPSA) is 9.23 Å². The van der Waals surface area contributed by atoms with Crippen LogP contribution in [0.3, 0.4) is 0 Å². The van der Waals surface area contributed by atoms with E-state index in [0.717, 1.165) is 19.4 Å². The lowest BCUT2D eigenvalue weighted by Gasteiger charge is -2.18. The van der Waals surface area contributed by atoms with E-state index in [1.807, 2.05) is 0 Å². The smallest absolute Gasteiger partial charge is 0.0944 e. The normalized spacial score (nSPS) is 30.4. The van der Waals surface area contributed by atoms with Gasteiger partial charge in [-0.2, -0.15) is 0 Å². The lowest BCUT2D eigenvalue weighted by atomic mass is 10.0. The van der Waals surface area contributed by atoms with Crippen LogP contribution < -0.4 is 0 Å². The van der Waals surface area contributed by atoms with Gasteiger partial charge in [-0.3, -0.25) is 4.39 Å². The molecule has 0 aliphatic carbocycles. The first kappa shape index (κ1) is 6.02. The Labute approximate surface area is 48.8 Å². The van der Waals surface area contributed by atoms with E-state index in [0.29, 0.717) is 6.61 Å². The van der Waals surface area contributed by atoms with Gasteiger partial charge in [0.1, 0.15) is 0 Å². The Morgan fingerprint density at radius 2 is 2.50 bits per heavy atom. The quantitative estimate of drug-likeness (QED) is 0.505. The molecule has 48 valence electrons. The molecule has 0 radical (unpaired) electrons. The third-order valence-electron chi connectivity index (χ3n) is 1.47. The summed E-state index contributed by atoms with van der Waals surface area (Å²) >= 11 is 0. The molecule has 0 spiro atoms. The molecule has 0 N–H and O–H groups in total. The Kier molecular flexibility index (Phi) is 2.27. The van der Waals surface area contributed by atoms with E-state index >= 15 is 0 Å². The first-order chi connectivity index (χ1) is 3.93. The molecule has 0 bridgehead atoms. The summed E-state index contributed by atoms with van der Waals surface area (Å²) in [6.45, 7) is 1.26.